The maximum absolute atomic E-state index is 6.55. The van der Waals surface area contributed by atoms with Crippen LogP contribution in [0.4, 0.5) is 17.1 Å². The van der Waals surface area contributed by atoms with Gasteiger partial charge in [0.2, 0.25) is 5.89 Å². The molecule has 0 saturated heterocycles. The lowest BCUT2D eigenvalue weighted by Gasteiger charge is -2.27. The molecule has 4 nitrogen and oxygen atoms in total. The number of para-hydroxylation sites is 2. The van der Waals surface area contributed by atoms with E-state index >= 15 is 0 Å². The molecule has 0 unspecified atom stereocenters. The molecule has 230 valence electrons. The lowest BCUT2D eigenvalue weighted by atomic mass is 10.0. The minimum atomic E-state index is 0.586. The molecule has 0 aliphatic carbocycles. The Balaban J connectivity index is 1.12. The quantitative estimate of drug-likeness (QED) is 0.190. The van der Waals surface area contributed by atoms with Crippen LogP contribution in [0.2, 0.25) is 0 Å². The Bertz CT molecular complexity index is 2810. The number of aromatic nitrogens is 1. The van der Waals surface area contributed by atoms with E-state index in [-0.39, 0.29) is 0 Å². The number of benzene rings is 8. The molecule has 0 amide bonds. The van der Waals surface area contributed by atoms with Crippen molar-refractivity contribution in [1.82, 2.24) is 4.98 Å². The molecule has 2 aromatic heterocycles. The molecule has 10 aromatic rings. The summed E-state index contributed by atoms with van der Waals surface area (Å²) < 4.78 is 12.8. The Labute approximate surface area is 282 Å². The highest BCUT2D eigenvalue weighted by atomic mass is 16.3. The van der Waals surface area contributed by atoms with Gasteiger partial charge in [-0.05, 0) is 87.9 Å². The maximum Gasteiger partial charge on any atom is 0.228 e. The summed E-state index contributed by atoms with van der Waals surface area (Å²) in [5, 5.41) is 6.84. The molecule has 4 heteroatoms. The van der Waals surface area contributed by atoms with E-state index in [0.29, 0.717) is 5.89 Å². The van der Waals surface area contributed by atoms with Crippen molar-refractivity contribution in [3.8, 4) is 22.6 Å². The van der Waals surface area contributed by atoms with Gasteiger partial charge >= 0.3 is 0 Å². The van der Waals surface area contributed by atoms with Gasteiger partial charge in [0.15, 0.2) is 5.58 Å². The molecule has 0 N–H and O–H groups in total. The van der Waals surface area contributed by atoms with Gasteiger partial charge in [0, 0.05) is 39.2 Å². The van der Waals surface area contributed by atoms with Crippen LogP contribution in [-0.4, -0.2) is 4.98 Å². The predicted octanol–water partition coefficient (Wildman–Crippen LogP) is 12.8. The Morgan fingerprint density at radius 1 is 0.429 bits per heavy atom. The Kier molecular flexibility index (Phi) is 6.15. The average molecular weight is 629 g/mol. The largest absolute Gasteiger partial charge is 0.456 e. The highest BCUT2D eigenvalue weighted by Crippen LogP contribution is 2.43. The Morgan fingerprint density at radius 2 is 1.14 bits per heavy atom. The SMILES string of the molecule is c1ccc2cc(-c3ccc(N(c4ccc5c(c4)oc4cccc(-c6nc7ccccc7o6)c45)c4cccc5ccccc45)cc3)ccc2c1. The Morgan fingerprint density at radius 3 is 2.04 bits per heavy atom. The number of rotatable bonds is 5. The maximum atomic E-state index is 6.55. The molecule has 8 aromatic carbocycles. The predicted molar refractivity (Wildman–Crippen MR) is 202 cm³/mol. The van der Waals surface area contributed by atoms with Crippen molar-refractivity contribution in [2.75, 3.05) is 4.90 Å². The van der Waals surface area contributed by atoms with Crippen molar-refractivity contribution in [1.29, 1.82) is 0 Å². The number of nitrogens with zero attached hydrogens (tertiary/aromatic N) is 2. The van der Waals surface area contributed by atoms with Gasteiger partial charge in [0.25, 0.3) is 0 Å². The van der Waals surface area contributed by atoms with E-state index < -0.39 is 0 Å². The number of fused-ring (bicyclic) bond motifs is 6. The summed E-state index contributed by atoms with van der Waals surface area (Å²) in [7, 11) is 0. The van der Waals surface area contributed by atoms with Gasteiger partial charge in [-0.25, -0.2) is 4.98 Å². The van der Waals surface area contributed by atoms with Crippen molar-refractivity contribution < 1.29 is 8.83 Å². The van der Waals surface area contributed by atoms with Crippen molar-refractivity contribution in [3.05, 3.63) is 170 Å². The monoisotopic (exact) mass is 628 g/mol. The summed E-state index contributed by atoms with van der Waals surface area (Å²) in [6, 6.07) is 59.4. The lowest BCUT2D eigenvalue weighted by molar-refractivity contribution is 0.620. The summed E-state index contributed by atoms with van der Waals surface area (Å²) in [6.45, 7) is 0. The van der Waals surface area contributed by atoms with Crippen LogP contribution in [0.25, 0.3) is 77.2 Å². The second-order valence-corrected chi connectivity index (χ2v) is 12.4. The fourth-order valence-electron chi connectivity index (χ4n) is 7.12. The molecule has 10 rings (SSSR count). The number of oxazole rings is 1. The van der Waals surface area contributed by atoms with Gasteiger partial charge in [-0.2, -0.15) is 0 Å². The first-order chi connectivity index (χ1) is 24.3. The minimum Gasteiger partial charge on any atom is -0.456 e. The fraction of sp³-hybridized carbons (Fsp3) is 0. The fourth-order valence-corrected chi connectivity index (χ4v) is 7.12. The van der Waals surface area contributed by atoms with Crippen LogP contribution in [0.3, 0.4) is 0 Å². The van der Waals surface area contributed by atoms with Crippen LogP contribution >= 0.6 is 0 Å². The van der Waals surface area contributed by atoms with Crippen molar-refractivity contribution in [2.24, 2.45) is 0 Å². The highest BCUT2D eigenvalue weighted by Gasteiger charge is 2.20. The zero-order valence-corrected chi connectivity index (χ0v) is 26.4. The highest BCUT2D eigenvalue weighted by molar-refractivity contribution is 6.13. The molecule has 0 atom stereocenters. The van der Waals surface area contributed by atoms with Crippen LogP contribution in [-0.2, 0) is 0 Å². The van der Waals surface area contributed by atoms with Gasteiger partial charge in [0.1, 0.15) is 16.7 Å². The van der Waals surface area contributed by atoms with Crippen molar-refractivity contribution in [2.45, 2.75) is 0 Å². The molecule has 0 aliphatic rings. The van der Waals surface area contributed by atoms with E-state index in [1.165, 1.54) is 32.7 Å². The molecule has 2 heterocycles. The lowest BCUT2D eigenvalue weighted by Crippen LogP contribution is -2.10. The van der Waals surface area contributed by atoms with Gasteiger partial charge in [-0.3, -0.25) is 0 Å². The molecule has 0 spiro atoms. The van der Waals surface area contributed by atoms with Crippen molar-refractivity contribution >= 4 is 71.6 Å². The zero-order chi connectivity index (χ0) is 32.3. The van der Waals surface area contributed by atoms with Gasteiger partial charge in [0.05, 0.1) is 5.69 Å². The van der Waals surface area contributed by atoms with Gasteiger partial charge < -0.3 is 13.7 Å². The Hall–Kier alpha value is -6.65. The third-order valence-corrected chi connectivity index (χ3v) is 9.48. The molecule has 0 aliphatic heterocycles. The second kappa shape index (κ2) is 11.0. The van der Waals surface area contributed by atoms with E-state index in [1.807, 2.05) is 36.4 Å². The third kappa shape index (κ3) is 4.57. The van der Waals surface area contributed by atoms with E-state index in [9.17, 15) is 0 Å². The van der Waals surface area contributed by atoms with Gasteiger partial charge in [-0.1, -0.05) is 103 Å². The van der Waals surface area contributed by atoms with Crippen molar-refractivity contribution in [3.63, 3.8) is 0 Å². The number of furan rings is 1. The van der Waals surface area contributed by atoms with Crippen LogP contribution in [0.1, 0.15) is 0 Å². The van der Waals surface area contributed by atoms with E-state index in [1.54, 1.807) is 0 Å². The van der Waals surface area contributed by atoms with E-state index in [0.717, 1.165) is 55.7 Å². The topological polar surface area (TPSA) is 42.4 Å². The van der Waals surface area contributed by atoms with Crippen LogP contribution < -0.4 is 4.90 Å². The average Bonchev–Trinajstić information content (AvgIpc) is 3.77. The van der Waals surface area contributed by atoms with E-state index in [2.05, 4.69) is 138 Å². The summed E-state index contributed by atoms with van der Waals surface area (Å²) in [5.74, 6) is 0.586. The summed E-state index contributed by atoms with van der Waals surface area (Å²) >= 11 is 0. The standard InChI is InChI=1S/C45H28N2O2/c1-2-11-32-27-33(20-19-29(32)9-1)30-21-23-34(24-22-30)47(40-16-7-12-31-10-3-4-13-36(31)40)35-25-26-37-43(28-35)48-42-18-8-14-38(44(37)42)45-46-39-15-5-6-17-41(39)49-45/h1-28H. The normalized spacial score (nSPS) is 11.7. The van der Waals surface area contributed by atoms with Gasteiger partial charge in [-0.15, -0.1) is 0 Å². The summed E-state index contributed by atoms with van der Waals surface area (Å²) in [6.07, 6.45) is 0. The summed E-state index contributed by atoms with van der Waals surface area (Å²) in [4.78, 5) is 7.12. The molecule has 0 fully saturated rings. The first-order valence-corrected chi connectivity index (χ1v) is 16.5. The van der Waals surface area contributed by atoms with Crippen LogP contribution in [0, 0.1) is 0 Å². The smallest absolute Gasteiger partial charge is 0.228 e. The molecular formula is C45H28N2O2. The summed E-state index contributed by atoms with van der Waals surface area (Å²) in [5.41, 5.74) is 9.64. The molecule has 0 radical (unpaired) electrons. The number of hydrogen-bond donors (Lipinski definition) is 0. The minimum absolute atomic E-state index is 0.586. The first-order valence-electron chi connectivity index (χ1n) is 16.5. The van der Waals surface area contributed by atoms with E-state index in [4.69, 9.17) is 13.8 Å². The van der Waals surface area contributed by atoms with Crippen LogP contribution in [0.5, 0.6) is 0 Å². The first kappa shape index (κ1) is 27.5. The number of hydrogen-bond acceptors (Lipinski definition) is 4. The third-order valence-electron chi connectivity index (χ3n) is 9.48. The molecule has 49 heavy (non-hydrogen) atoms. The second-order valence-electron chi connectivity index (χ2n) is 12.4. The molecular weight excluding hydrogens is 601 g/mol. The molecule has 0 saturated carbocycles. The zero-order valence-electron chi connectivity index (χ0n) is 26.4. The number of anilines is 3. The molecule has 0 bridgehead atoms. The van der Waals surface area contributed by atoms with Crippen LogP contribution in [0.15, 0.2) is 179 Å².